The molecule has 0 saturated carbocycles. The van der Waals surface area contributed by atoms with E-state index in [4.69, 9.17) is 4.42 Å². The summed E-state index contributed by atoms with van der Waals surface area (Å²) in [5, 5.41) is 2.85. The van der Waals surface area contributed by atoms with Gasteiger partial charge in [0.15, 0.2) is 0 Å². The molecule has 1 saturated heterocycles. The van der Waals surface area contributed by atoms with Gasteiger partial charge in [-0.15, -0.1) is 11.8 Å². The van der Waals surface area contributed by atoms with Crippen molar-refractivity contribution in [2.45, 2.75) is 30.3 Å². The minimum atomic E-state index is -0.410. The number of nitrogens with zero attached hydrogens (tertiary/aromatic N) is 1. The fourth-order valence-corrected chi connectivity index (χ4v) is 3.30. The normalized spacial score (nSPS) is 17.0. The van der Waals surface area contributed by atoms with Crippen LogP contribution in [0.4, 0.5) is 0 Å². The monoisotopic (exact) mass is 344 g/mol. The molecule has 0 aliphatic carbocycles. The zero-order valence-corrected chi connectivity index (χ0v) is 14.3. The Morgan fingerprint density at radius 3 is 2.75 bits per heavy atom. The fourth-order valence-electron chi connectivity index (χ4n) is 2.89. The Hall–Kier alpha value is -2.21. The Bertz CT molecular complexity index is 698. The molecule has 2 heterocycles. The number of rotatable bonds is 5. The van der Waals surface area contributed by atoms with Gasteiger partial charge in [-0.3, -0.25) is 9.59 Å². The third kappa shape index (κ3) is 3.64. The minimum Gasteiger partial charge on any atom is -0.467 e. The standard InChI is InChI=1S/C18H20N2O3S/c1-24-15-8-6-13(7-9-15)18(22)20-10-2-5-16(20)17(21)19-12-14-4-3-11-23-14/h3-4,6-9,11,16H,2,5,10,12H2,1H3,(H,19,21). The molecule has 1 aliphatic rings. The maximum absolute atomic E-state index is 12.7. The third-order valence-corrected chi connectivity index (χ3v) is 4.91. The van der Waals surface area contributed by atoms with Crippen molar-refractivity contribution in [1.82, 2.24) is 10.2 Å². The van der Waals surface area contributed by atoms with Crippen LogP contribution in [0.5, 0.6) is 0 Å². The Morgan fingerprint density at radius 2 is 2.08 bits per heavy atom. The summed E-state index contributed by atoms with van der Waals surface area (Å²) in [5.74, 6) is 0.489. The number of furan rings is 1. The topological polar surface area (TPSA) is 62.6 Å². The Balaban J connectivity index is 1.65. The van der Waals surface area contributed by atoms with Crippen LogP contribution in [0.1, 0.15) is 29.0 Å². The average molecular weight is 344 g/mol. The van der Waals surface area contributed by atoms with Crippen LogP contribution in [0.2, 0.25) is 0 Å². The van der Waals surface area contributed by atoms with E-state index in [1.165, 1.54) is 0 Å². The first-order valence-corrected chi connectivity index (χ1v) is 9.16. The van der Waals surface area contributed by atoms with E-state index < -0.39 is 6.04 Å². The summed E-state index contributed by atoms with van der Waals surface area (Å²) in [6.45, 7) is 0.953. The van der Waals surface area contributed by atoms with E-state index in [1.54, 1.807) is 29.0 Å². The molecule has 2 amide bonds. The van der Waals surface area contributed by atoms with E-state index in [0.717, 1.165) is 11.3 Å². The molecule has 1 N–H and O–H groups in total. The van der Waals surface area contributed by atoms with Gasteiger partial charge >= 0.3 is 0 Å². The van der Waals surface area contributed by atoms with Gasteiger partial charge in [-0.05, 0) is 55.5 Å². The Kier molecular flexibility index (Phi) is 5.25. The van der Waals surface area contributed by atoms with Crippen LogP contribution in [0.25, 0.3) is 0 Å². The number of hydrogen-bond acceptors (Lipinski definition) is 4. The Morgan fingerprint density at radius 1 is 1.29 bits per heavy atom. The molecule has 1 aromatic heterocycles. The number of benzene rings is 1. The number of likely N-dealkylation sites (tertiary alicyclic amines) is 1. The predicted octanol–water partition coefficient (Wildman–Crippen LogP) is 2.92. The zero-order valence-electron chi connectivity index (χ0n) is 13.5. The number of nitrogens with one attached hydrogen (secondary N) is 1. The second-order valence-electron chi connectivity index (χ2n) is 5.68. The maximum Gasteiger partial charge on any atom is 0.254 e. The lowest BCUT2D eigenvalue weighted by atomic mass is 10.1. The summed E-state index contributed by atoms with van der Waals surface area (Å²) >= 11 is 1.63. The highest BCUT2D eigenvalue weighted by Crippen LogP contribution is 2.22. The van der Waals surface area contributed by atoms with Crippen LogP contribution < -0.4 is 5.32 Å². The smallest absolute Gasteiger partial charge is 0.254 e. The first-order valence-electron chi connectivity index (χ1n) is 7.94. The van der Waals surface area contributed by atoms with Crippen LogP contribution in [0.15, 0.2) is 52.0 Å². The SMILES string of the molecule is CSc1ccc(C(=O)N2CCCC2C(=O)NCc2ccco2)cc1. The second kappa shape index (κ2) is 7.57. The van der Waals surface area contributed by atoms with E-state index in [-0.39, 0.29) is 11.8 Å². The molecule has 0 radical (unpaired) electrons. The van der Waals surface area contributed by atoms with Crippen molar-refractivity contribution in [3.63, 3.8) is 0 Å². The molecule has 1 aliphatic heterocycles. The van der Waals surface area contributed by atoms with Crippen molar-refractivity contribution in [3.8, 4) is 0 Å². The van der Waals surface area contributed by atoms with Crippen LogP contribution in [0.3, 0.4) is 0 Å². The fraction of sp³-hybridized carbons (Fsp3) is 0.333. The molecule has 1 fully saturated rings. The molecule has 1 atom stereocenters. The number of carbonyl (C=O) groups is 2. The average Bonchev–Trinajstić information content (AvgIpc) is 3.30. The highest BCUT2D eigenvalue weighted by atomic mass is 32.2. The van der Waals surface area contributed by atoms with Gasteiger partial charge in [0.05, 0.1) is 12.8 Å². The first kappa shape index (κ1) is 16.6. The molecule has 0 spiro atoms. The van der Waals surface area contributed by atoms with E-state index in [1.807, 2.05) is 36.6 Å². The molecular formula is C18H20N2O3S. The molecular weight excluding hydrogens is 324 g/mol. The van der Waals surface area contributed by atoms with Gasteiger partial charge in [-0.25, -0.2) is 0 Å². The lowest BCUT2D eigenvalue weighted by Gasteiger charge is -2.24. The van der Waals surface area contributed by atoms with Gasteiger partial charge in [-0.2, -0.15) is 0 Å². The van der Waals surface area contributed by atoms with Gasteiger partial charge in [0.1, 0.15) is 11.8 Å². The van der Waals surface area contributed by atoms with Crippen molar-refractivity contribution in [3.05, 3.63) is 54.0 Å². The number of carbonyl (C=O) groups excluding carboxylic acids is 2. The predicted molar refractivity (Wildman–Crippen MR) is 92.8 cm³/mol. The molecule has 5 nitrogen and oxygen atoms in total. The quantitative estimate of drug-likeness (QED) is 0.847. The molecule has 6 heteroatoms. The molecule has 126 valence electrons. The van der Waals surface area contributed by atoms with Gasteiger partial charge in [0.25, 0.3) is 5.91 Å². The van der Waals surface area contributed by atoms with Crippen molar-refractivity contribution >= 4 is 23.6 Å². The molecule has 1 aromatic carbocycles. The second-order valence-corrected chi connectivity index (χ2v) is 6.56. The van der Waals surface area contributed by atoms with Crippen LogP contribution >= 0.6 is 11.8 Å². The van der Waals surface area contributed by atoms with Crippen molar-refractivity contribution < 1.29 is 14.0 Å². The highest BCUT2D eigenvalue weighted by molar-refractivity contribution is 7.98. The molecule has 3 rings (SSSR count). The zero-order chi connectivity index (χ0) is 16.9. The lowest BCUT2D eigenvalue weighted by molar-refractivity contribution is -0.125. The summed E-state index contributed by atoms with van der Waals surface area (Å²) in [6, 6.07) is 10.7. The summed E-state index contributed by atoms with van der Waals surface area (Å²) in [5.41, 5.74) is 0.624. The summed E-state index contributed by atoms with van der Waals surface area (Å²) in [4.78, 5) is 27.9. The van der Waals surface area contributed by atoms with Gasteiger partial charge in [0.2, 0.25) is 5.91 Å². The van der Waals surface area contributed by atoms with E-state index in [2.05, 4.69) is 5.32 Å². The van der Waals surface area contributed by atoms with E-state index >= 15 is 0 Å². The highest BCUT2D eigenvalue weighted by Gasteiger charge is 2.34. The minimum absolute atomic E-state index is 0.0849. The van der Waals surface area contributed by atoms with Crippen LogP contribution in [0, 0.1) is 0 Å². The van der Waals surface area contributed by atoms with Gasteiger partial charge in [-0.1, -0.05) is 0 Å². The molecule has 0 bridgehead atoms. The molecule has 2 aromatic rings. The third-order valence-electron chi connectivity index (χ3n) is 4.17. The number of amides is 2. The molecule has 24 heavy (non-hydrogen) atoms. The summed E-state index contributed by atoms with van der Waals surface area (Å²) in [6.07, 6.45) is 5.11. The van der Waals surface area contributed by atoms with Crippen molar-refractivity contribution in [1.29, 1.82) is 0 Å². The van der Waals surface area contributed by atoms with Crippen LogP contribution in [-0.2, 0) is 11.3 Å². The van der Waals surface area contributed by atoms with E-state index in [9.17, 15) is 9.59 Å². The van der Waals surface area contributed by atoms with Crippen molar-refractivity contribution in [2.75, 3.05) is 12.8 Å². The molecule has 1 unspecified atom stereocenters. The van der Waals surface area contributed by atoms with Gasteiger partial charge < -0.3 is 14.6 Å². The van der Waals surface area contributed by atoms with E-state index in [0.29, 0.717) is 30.8 Å². The number of thioether (sulfide) groups is 1. The van der Waals surface area contributed by atoms with Crippen LogP contribution in [-0.4, -0.2) is 35.6 Å². The lowest BCUT2D eigenvalue weighted by Crippen LogP contribution is -2.45. The summed E-state index contributed by atoms with van der Waals surface area (Å²) < 4.78 is 5.21. The first-order chi connectivity index (χ1) is 11.7. The maximum atomic E-state index is 12.7. The summed E-state index contributed by atoms with van der Waals surface area (Å²) in [7, 11) is 0. The number of hydrogen-bond donors (Lipinski definition) is 1. The van der Waals surface area contributed by atoms with Gasteiger partial charge in [0, 0.05) is 17.0 Å². The Labute approximate surface area is 145 Å². The largest absolute Gasteiger partial charge is 0.467 e. The van der Waals surface area contributed by atoms with Crippen molar-refractivity contribution in [2.24, 2.45) is 0 Å².